The summed E-state index contributed by atoms with van der Waals surface area (Å²) in [5, 5.41) is 13.3. The van der Waals surface area contributed by atoms with E-state index in [9.17, 15) is 13.6 Å². The van der Waals surface area contributed by atoms with E-state index in [1.54, 1.807) is 31.2 Å². The molecule has 0 atom stereocenters. The number of alkyl halides is 2. The first-order valence-corrected chi connectivity index (χ1v) is 7.26. The van der Waals surface area contributed by atoms with Crippen LogP contribution in [0.15, 0.2) is 48.8 Å². The molecule has 0 aliphatic rings. The standard InChI is InChI=1S/C17H13F2N3O3/c1-10-13(16(23)24)9-22(21-10)11-5-6-15(25-17(18)19)12(8-11)14-4-2-3-7-20-14/h2-9,17H,1H3,(H,23,24). The Kier molecular flexibility index (Phi) is 4.42. The molecule has 0 spiro atoms. The molecule has 6 nitrogen and oxygen atoms in total. The number of carboxylic acids is 1. The first-order chi connectivity index (χ1) is 12.0. The van der Waals surface area contributed by atoms with Gasteiger partial charge in [-0.15, -0.1) is 0 Å². The highest BCUT2D eigenvalue weighted by molar-refractivity contribution is 5.88. The van der Waals surface area contributed by atoms with E-state index in [1.807, 2.05) is 0 Å². The number of pyridine rings is 1. The maximum absolute atomic E-state index is 12.7. The molecule has 0 saturated carbocycles. The molecule has 0 fully saturated rings. The number of carbonyl (C=O) groups is 1. The molecule has 0 radical (unpaired) electrons. The SMILES string of the molecule is Cc1nn(-c2ccc(OC(F)F)c(-c3ccccn3)c2)cc1C(=O)O. The summed E-state index contributed by atoms with van der Waals surface area (Å²) in [5.74, 6) is -1.12. The van der Waals surface area contributed by atoms with Crippen molar-refractivity contribution in [2.45, 2.75) is 13.5 Å². The minimum absolute atomic E-state index is 0.0280. The number of rotatable bonds is 5. The lowest BCUT2D eigenvalue weighted by Gasteiger charge is -2.12. The monoisotopic (exact) mass is 345 g/mol. The summed E-state index contributed by atoms with van der Waals surface area (Å²) in [7, 11) is 0. The molecule has 128 valence electrons. The molecule has 0 amide bonds. The summed E-state index contributed by atoms with van der Waals surface area (Å²) in [4.78, 5) is 15.3. The number of carboxylic acid groups (broad SMARTS) is 1. The summed E-state index contributed by atoms with van der Waals surface area (Å²) in [5.41, 5.74) is 1.70. The summed E-state index contributed by atoms with van der Waals surface area (Å²) in [6.45, 7) is -1.40. The lowest BCUT2D eigenvalue weighted by molar-refractivity contribution is -0.0494. The van der Waals surface area contributed by atoms with Crippen LogP contribution in [0.4, 0.5) is 8.78 Å². The van der Waals surface area contributed by atoms with Crippen LogP contribution in [0, 0.1) is 6.92 Å². The third kappa shape index (κ3) is 3.47. The molecule has 0 bridgehead atoms. The number of ether oxygens (including phenoxy) is 1. The Hall–Kier alpha value is -3.29. The third-order valence-corrected chi connectivity index (χ3v) is 3.51. The van der Waals surface area contributed by atoms with Crippen LogP contribution in [0.2, 0.25) is 0 Å². The normalized spacial score (nSPS) is 10.9. The molecule has 3 rings (SSSR count). The van der Waals surface area contributed by atoms with E-state index in [4.69, 9.17) is 5.11 Å². The zero-order chi connectivity index (χ0) is 18.0. The fourth-order valence-corrected chi connectivity index (χ4v) is 2.38. The van der Waals surface area contributed by atoms with E-state index in [2.05, 4.69) is 14.8 Å². The Balaban J connectivity index is 2.11. The Bertz CT molecular complexity index is 911. The van der Waals surface area contributed by atoms with Gasteiger partial charge in [0, 0.05) is 18.0 Å². The fraction of sp³-hybridized carbons (Fsp3) is 0.118. The zero-order valence-corrected chi connectivity index (χ0v) is 13.1. The van der Waals surface area contributed by atoms with Crippen molar-refractivity contribution in [1.82, 2.24) is 14.8 Å². The summed E-state index contributed by atoms with van der Waals surface area (Å²) >= 11 is 0. The maximum Gasteiger partial charge on any atom is 0.387 e. The number of aryl methyl sites for hydroxylation is 1. The van der Waals surface area contributed by atoms with Gasteiger partial charge < -0.3 is 9.84 Å². The highest BCUT2D eigenvalue weighted by atomic mass is 19.3. The van der Waals surface area contributed by atoms with Gasteiger partial charge in [-0.25, -0.2) is 9.48 Å². The van der Waals surface area contributed by atoms with Crippen LogP contribution in [0.25, 0.3) is 16.9 Å². The Morgan fingerprint density at radius 1 is 1.28 bits per heavy atom. The zero-order valence-electron chi connectivity index (χ0n) is 13.1. The van der Waals surface area contributed by atoms with Crippen LogP contribution in [0.5, 0.6) is 5.75 Å². The van der Waals surface area contributed by atoms with E-state index < -0.39 is 12.6 Å². The first kappa shape index (κ1) is 16.6. The Morgan fingerprint density at radius 2 is 2.08 bits per heavy atom. The molecule has 1 N–H and O–H groups in total. The molecule has 0 saturated heterocycles. The predicted molar refractivity (Wildman–Crippen MR) is 85.1 cm³/mol. The predicted octanol–water partition coefficient (Wildman–Crippen LogP) is 3.54. The number of benzene rings is 1. The van der Waals surface area contributed by atoms with Crippen molar-refractivity contribution >= 4 is 5.97 Å². The molecule has 0 aliphatic heterocycles. The quantitative estimate of drug-likeness (QED) is 0.765. The average Bonchev–Trinajstić information content (AvgIpc) is 2.97. The molecular formula is C17H13F2N3O3. The van der Waals surface area contributed by atoms with Crippen molar-refractivity contribution in [2.75, 3.05) is 0 Å². The van der Waals surface area contributed by atoms with Gasteiger partial charge in [-0.2, -0.15) is 13.9 Å². The lowest BCUT2D eigenvalue weighted by Crippen LogP contribution is -2.04. The number of hydrogen-bond donors (Lipinski definition) is 1. The van der Waals surface area contributed by atoms with Crippen LogP contribution in [0.3, 0.4) is 0 Å². The number of halogens is 2. The third-order valence-electron chi connectivity index (χ3n) is 3.51. The number of aromatic nitrogens is 3. The molecule has 8 heteroatoms. The number of nitrogens with zero attached hydrogens (tertiary/aromatic N) is 3. The maximum atomic E-state index is 12.7. The highest BCUT2D eigenvalue weighted by Crippen LogP contribution is 2.32. The van der Waals surface area contributed by atoms with E-state index in [1.165, 1.54) is 29.2 Å². The highest BCUT2D eigenvalue weighted by Gasteiger charge is 2.16. The van der Waals surface area contributed by atoms with Gasteiger partial charge in [0.15, 0.2) is 0 Å². The molecule has 1 aromatic carbocycles. The van der Waals surface area contributed by atoms with Gasteiger partial charge in [-0.1, -0.05) is 6.07 Å². The van der Waals surface area contributed by atoms with Crippen molar-refractivity contribution in [3.8, 4) is 22.7 Å². The van der Waals surface area contributed by atoms with Crippen LogP contribution in [-0.4, -0.2) is 32.5 Å². The van der Waals surface area contributed by atoms with Crippen LogP contribution in [-0.2, 0) is 0 Å². The van der Waals surface area contributed by atoms with Gasteiger partial charge >= 0.3 is 12.6 Å². The number of hydrogen-bond acceptors (Lipinski definition) is 4. The smallest absolute Gasteiger partial charge is 0.387 e. The van der Waals surface area contributed by atoms with E-state index >= 15 is 0 Å². The second kappa shape index (κ2) is 6.68. The van der Waals surface area contributed by atoms with E-state index in [0.717, 1.165) is 0 Å². The summed E-state index contributed by atoms with van der Waals surface area (Å²) in [6.07, 6.45) is 2.90. The molecule has 0 unspecified atom stereocenters. The second-order valence-corrected chi connectivity index (χ2v) is 5.15. The van der Waals surface area contributed by atoms with Gasteiger partial charge in [-0.3, -0.25) is 4.98 Å². The van der Waals surface area contributed by atoms with Gasteiger partial charge in [0.2, 0.25) is 0 Å². The van der Waals surface area contributed by atoms with Crippen molar-refractivity contribution in [3.63, 3.8) is 0 Å². The molecule has 25 heavy (non-hydrogen) atoms. The molecule has 2 heterocycles. The van der Waals surface area contributed by atoms with E-state index in [0.29, 0.717) is 22.6 Å². The van der Waals surface area contributed by atoms with Crippen molar-refractivity contribution in [2.24, 2.45) is 0 Å². The largest absolute Gasteiger partial charge is 0.478 e. The van der Waals surface area contributed by atoms with Crippen LogP contribution in [0.1, 0.15) is 16.1 Å². The molecule has 3 aromatic rings. The topological polar surface area (TPSA) is 77.2 Å². The second-order valence-electron chi connectivity index (χ2n) is 5.15. The Labute approximate surface area is 141 Å². The van der Waals surface area contributed by atoms with Gasteiger partial charge in [-0.05, 0) is 37.3 Å². The summed E-state index contributed by atoms with van der Waals surface area (Å²) < 4.78 is 31.3. The Morgan fingerprint density at radius 3 is 2.68 bits per heavy atom. The summed E-state index contributed by atoms with van der Waals surface area (Å²) in [6, 6.07) is 9.55. The lowest BCUT2D eigenvalue weighted by atomic mass is 10.1. The van der Waals surface area contributed by atoms with Crippen molar-refractivity contribution in [3.05, 3.63) is 60.0 Å². The fourth-order valence-electron chi connectivity index (χ4n) is 2.38. The van der Waals surface area contributed by atoms with Crippen LogP contribution >= 0.6 is 0 Å². The molecule has 0 aliphatic carbocycles. The van der Waals surface area contributed by atoms with Crippen molar-refractivity contribution in [1.29, 1.82) is 0 Å². The van der Waals surface area contributed by atoms with Gasteiger partial charge in [0.1, 0.15) is 11.3 Å². The van der Waals surface area contributed by atoms with Crippen molar-refractivity contribution < 1.29 is 23.4 Å². The van der Waals surface area contributed by atoms with Gasteiger partial charge in [0.25, 0.3) is 0 Å². The first-order valence-electron chi connectivity index (χ1n) is 7.26. The van der Waals surface area contributed by atoms with Gasteiger partial charge in [0.05, 0.1) is 17.1 Å². The van der Waals surface area contributed by atoms with Crippen LogP contribution < -0.4 is 4.74 Å². The van der Waals surface area contributed by atoms with E-state index in [-0.39, 0.29) is 11.3 Å². The number of aromatic carboxylic acids is 1. The molecule has 2 aromatic heterocycles. The minimum Gasteiger partial charge on any atom is -0.478 e. The molecular weight excluding hydrogens is 332 g/mol. The average molecular weight is 345 g/mol. The minimum atomic E-state index is -2.97.